The highest BCUT2D eigenvalue weighted by molar-refractivity contribution is 5.81. The standard InChI is InChI=1S/C28H37F3N4O/c1-33(2)15-16-35(14-11-21-5-3-7-24(17-21)28(29,30)31)27(36)18-32-26-8-4-6-23-20-34(13-12-25(23)26)19-22-9-10-22/h3-8,17,22,32H,9-16,18-20H2,1-2H3. The molecule has 196 valence electrons. The molecule has 0 unspecified atom stereocenters. The van der Waals surface area contributed by atoms with E-state index in [1.165, 1.54) is 42.6 Å². The number of anilines is 1. The number of carbonyl (C=O) groups is 1. The highest BCUT2D eigenvalue weighted by Gasteiger charge is 2.30. The first kappa shape index (κ1) is 26.5. The Morgan fingerprint density at radius 3 is 2.58 bits per heavy atom. The molecule has 2 aliphatic rings. The largest absolute Gasteiger partial charge is 0.416 e. The van der Waals surface area contributed by atoms with Gasteiger partial charge in [-0.2, -0.15) is 13.2 Å². The Bertz CT molecular complexity index is 1040. The molecule has 0 radical (unpaired) electrons. The van der Waals surface area contributed by atoms with Gasteiger partial charge >= 0.3 is 6.18 Å². The number of amides is 1. The number of hydrogen-bond donors (Lipinski definition) is 1. The summed E-state index contributed by atoms with van der Waals surface area (Å²) < 4.78 is 39.3. The molecule has 0 saturated heterocycles. The lowest BCUT2D eigenvalue weighted by atomic mass is 9.97. The van der Waals surface area contributed by atoms with Gasteiger partial charge in [0.15, 0.2) is 0 Å². The molecule has 2 aromatic carbocycles. The van der Waals surface area contributed by atoms with Gasteiger partial charge in [-0.25, -0.2) is 0 Å². The smallest absolute Gasteiger partial charge is 0.376 e. The number of nitrogens with one attached hydrogen (secondary N) is 1. The second kappa shape index (κ2) is 11.6. The van der Waals surface area contributed by atoms with Crippen LogP contribution in [0.1, 0.15) is 35.1 Å². The van der Waals surface area contributed by atoms with Gasteiger partial charge in [0, 0.05) is 45.0 Å². The van der Waals surface area contributed by atoms with Gasteiger partial charge < -0.3 is 15.1 Å². The predicted octanol–water partition coefficient (Wildman–Crippen LogP) is 4.52. The minimum atomic E-state index is -4.37. The first-order valence-corrected chi connectivity index (χ1v) is 12.8. The number of hydrogen-bond acceptors (Lipinski definition) is 4. The zero-order valence-electron chi connectivity index (χ0n) is 21.3. The molecule has 1 amide bonds. The molecule has 1 heterocycles. The number of rotatable bonds is 11. The summed E-state index contributed by atoms with van der Waals surface area (Å²) in [6.07, 6.45) is -0.319. The third-order valence-corrected chi connectivity index (χ3v) is 7.08. The maximum Gasteiger partial charge on any atom is 0.416 e. The summed E-state index contributed by atoms with van der Waals surface area (Å²) in [6.45, 7) is 4.93. The van der Waals surface area contributed by atoms with Crippen molar-refractivity contribution in [1.82, 2.24) is 14.7 Å². The molecule has 1 saturated carbocycles. The Labute approximate surface area is 212 Å². The Morgan fingerprint density at radius 1 is 1.08 bits per heavy atom. The number of likely N-dealkylation sites (N-methyl/N-ethyl adjacent to an activating group) is 1. The van der Waals surface area contributed by atoms with Crippen LogP contribution in [0, 0.1) is 5.92 Å². The minimum Gasteiger partial charge on any atom is -0.376 e. The molecule has 4 rings (SSSR count). The lowest BCUT2D eigenvalue weighted by Crippen LogP contribution is -2.41. The molecule has 2 aromatic rings. The molecular formula is C28H37F3N4O. The summed E-state index contributed by atoms with van der Waals surface area (Å²) >= 11 is 0. The van der Waals surface area contributed by atoms with Gasteiger partial charge in [-0.3, -0.25) is 9.69 Å². The number of nitrogens with zero attached hydrogens (tertiary/aromatic N) is 3. The lowest BCUT2D eigenvalue weighted by molar-refractivity contribution is -0.137. The van der Waals surface area contributed by atoms with Crippen molar-refractivity contribution in [3.63, 3.8) is 0 Å². The van der Waals surface area contributed by atoms with Gasteiger partial charge in [-0.05, 0) is 74.5 Å². The van der Waals surface area contributed by atoms with Crippen molar-refractivity contribution < 1.29 is 18.0 Å². The highest BCUT2D eigenvalue weighted by atomic mass is 19.4. The molecule has 8 heteroatoms. The van der Waals surface area contributed by atoms with Gasteiger partial charge in [0.2, 0.25) is 5.91 Å². The SMILES string of the molecule is CN(C)CCN(CCc1cccc(C(F)(F)F)c1)C(=O)CNc1cccc2c1CCN(CC1CC1)C2. The van der Waals surface area contributed by atoms with Crippen LogP contribution in [-0.2, 0) is 30.4 Å². The predicted molar refractivity (Wildman–Crippen MR) is 137 cm³/mol. The van der Waals surface area contributed by atoms with Crippen molar-refractivity contribution in [1.29, 1.82) is 0 Å². The maximum atomic E-state index is 13.2. The summed E-state index contributed by atoms with van der Waals surface area (Å²) in [5.41, 5.74) is 3.55. The van der Waals surface area contributed by atoms with Gasteiger partial charge in [0.25, 0.3) is 0 Å². The molecule has 1 fully saturated rings. The van der Waals surface area contributed by atoms with Gasteiger partial charge in [0.05, 0.1) is 12.1 Å². The van der Waals surface area contributed by atoms with Gasteiger partial charge in [0.1, 0.15) is 0 Å². The summed E-state index contributed by atoms with van der Waals surface area (Å²) in [4.78, 5) is 19.5. The van der Waals surface area contributed by atoms with E-state index in [1.807, 2.05) is 31.1 Å². The fourth-order valence-corrected chi connectivity index (χ4v) is 4.79. The van der Waals surface area contributed by atoms with Crippen LogP contribution in [0.4, 0.5) is 18.9 Å². The van der Waals surface area contributed by atoms with E-state index in [4.69, 9.17) is 0 Å². The minimum absolute atomic E-state index is 0.0485. The number of fused-ring (bicyclic) bond motifs is 1. The van der Waals surface area contributed by atoms with Gasteiger partial charge in [-0.15, -0.1) is 0 Å². The monoisotopic (exact) mass is 502 g/mol. The van der Waals surface area contributed by atoms with Crippen LogP contribution in [0.2, 0.25) is 0 Å². The summed E-state index contributed by atoms with van der Waals surface area (Å²) in [5.74, 6) is 0.821. The van der Waals surface area contributed by atoms with Crippen LogP contribution in [0.25, 0.3) is 0 Å². The zero-order valence-corrected chi connectivity index (χ0v) is 21.3. The third kappa shape index (κ3) is 7.46. The van der Waals surface area contributed by atoms with Crippen LogP contribution in [0.5, 0.6) is 0 Å². The molecule has 1 aliphatic carbocycles. The Hall–Kier alpha value is -2.58. The van der Waals surface area contributed by atoms with Crippen molar-refractivity contribution >= 4 is 11.6 Å². The molecule has 0 spiro atoms. The van der Waals surface area contributed by atoms with E-state index in [0.29, 0.717) is 31.6 Å². The molecular weight excluding hydrogens is 465 g/mol. The first-order chi connectivity index (χ1) is 17.2. The molecule has 0 aromatic heterocycles. The van der Waals surface area contributed by atoms with E-state index < -0.39 is 11.7 Å². The second-order valence-corrected chi connectivity index (χ2v) is 10.4. The van der Waals surface area contributed by atoms with Crippen molar-refractivity contribution in [2.45, 2.75) is 38.4 Å². The fraction of sp³-hybridized carbons (Fsp3) is 0.536. The lowest BCUT2D eigenvalue weighted by Gasteiger charge is -2.30. The van der Waals surface area contributed by atoms with E-state index in [-0.39, 0.29) is 12.5 Å². The second-order valence-electron chi connectivity index (χ2n) is 10.4. The fourth-order valence-electron chi connectivity index (χ4n) is 4.79. The van der Waals surface area contributed by atoms with Crippen molar-refractivity contribution in [2.75, 3.05) is 58.7 Å². The quantitative estimate of drug-likeness (QED) is 0.491. The van der Waals surface area contributed by atoms with Crippen LogP contribution in [-0.4, -0.2) is 74.0 Å². The van der Waals surface area contributed by atoms with E-state index in [1.54, 1.807) is 11.0 Å². The van der Waals surface area contributed by atoms with Gasteiger partial charge in [-0.1, -0.05) is 30.3 Å². The Balaban J connectivity index is 1.37. The van der Waals surface area contributed by atoms with E-state index in [2.05, 4.69) is 16.3 Å². The van der Waals surface area contributed by atoms with E-state index >= 15 is 0 Å². The Kier molecular flexibility index (Phi) is 8.57. The summed E-state index contributed by atoms with van der Waals surface area (Å²) in [7, 11) is 3.88. The molecule has 36 heavy (non-hydrogen) atoms. The zero-order chi connectivity index (χ0) is 25.7. The number of benzene rings is 2. The van der Waals surface area contributed by atoms with Crippen LogP contribution in [0.3, 0.4) is 0 Å². The number of halogens is 3. The van der Waals surface area contributed by atoms with Crippen LogP contribution < -0.4 is 5.32 Å². The van der Waals surface area contributed by atoms with Crippen LogP contribution in [0.15, 0.2) is 42.5 Å². The van der Waals surface area contributed by atoms with Crippen molar-refractivity contribution in [2.24, 2.45) is 5.92 Å². The maximum absolute atomic E-state index is 13.2. The number of alkyl halides is 3. The normalized spacial score (nSPS) is 16.2. The first-order valence-electron chi connectivity index (χ1n) is 12.8. The molecule has 1 N–H and O–H groups in total. The third-order valence-electron chi connectivity index (χ3n) is 7.08. The summed E-state index contributed by atoms with van der Waals surface area (Å²) in [5, 5.41) is 3.36. The van der Waals surface area contributed by atoms with Crippen LogP contribution >= 0.6 is 0 Å². The van der Waals surface area contributed by atoms with E-state index in [9.17, 15) is 18.0 Å². The van der Waals surface area contributed by atoms with E-state index in [0.717, 1.165) is 37.2 Å². The highest BCUT2D eigenvalue weighted by Crippen LogP contribution is 2.33. The van der Waals surface area contributed by atoms with Crippen molar-refractivity contribution in [3.05, 3.63) is 64.7 Å². The molecule has 1 aliphatic heterocycles. The molecule has 0 bridgehead atoms. The molecule has 5 nitrogen and oxygen atoms in total. The van der Waals surface area contributed by atoms with Crippen molar-refractivity contribution in [3.8, 4) is 0 Å². The average Bonchev–Trinajstić information content (AvgIpc) is 3.66. The Morgan fingerprint density at radius 2 is 1.86 bits per heavy atom. The average molecular weight is 503 g/mol. The summed E-state index contributed by atoms with van der Waals surface area (Å²) in [6, 6.07) is 11.6. The topological polar surface area (TPSA) is 38.8 Å². The molecule has 0 atom stereocenters. The number of carbonyl (C=O) groups excluding carboxylic acids is 1.